The van der Waals surface area contributed by atoms with Crippen molar-refractivity contribution in [3.8, 4) is 5.69 Å². The molecule has 0 bridgehead atoms. The zero-order valence-corrected chi connectivity index (χ0v) is 17.5. The van der Waals surface area contributed by atoms with Gasteiger partial charge in [0.15, 0.2) is 10.1 Å². The summed E-state index contributed by atoms with van der Waals surface area (Å²) < 4.78 is 21.7. The topological polar surface area (TPSA) is 69.0 Å². The maximum absolute atomic E-state index is 14.2. The molecule has 0 amide bonds. The van der Waals surface area contributed by atoms with Crippen LogP contribution in [0.5, 0.6) is 0 Å². The van der Waals surface area contributed by atoms with E-state index in [4.69, 9.17) is 4.74 Å². The molecule has 3 rings (SSSR count). The molecule has 6 nitrogen and oxygen atoms in total. The Morgan fingerprint density at radius 2 is 2.11 bits per heavy atom. The molecule has 2 aromatic heterocycles. The molecular weight excluding hydrogens is 399 g/mol. The molecule has 9 heteroatoms. The SMILES string of the molecule is COCCNc1nnc(SCC(=O)c2cc(C)n(-c3ccccc3F)c2C)s1. The summed E-state index contributed by atoms with van der Waals surface area (Å²) in [5, 5.41) is 11.9. The zero-order chi connectivity index (χ0) is 20.1. The predicted octanol–water partition coefficient (Wildman–Crippen LogP) is 4.12. The summed E-state index contributed by atoms with van der Waals surface area (Å²) in [5.41, 5.74) is 2.58. The van der Waals surface area contributed by atoms with Gasteiger partial charge in [-0.05, 0) is 32.0 Å². The number of nitrogens with zero attached hydrogens (tertiary/aromatic N) is 3. The largest absolute Gasteiger partial charge is 0.383 e. The third-order valence-electron chi connectivity index (χ3n) is 4.14. The van der Waals surface area contributed by atoms with Crippen molar-refractivity contribution >= 4 is 34.0 Å². The number of carbonyl (C=O) groups is 1. The lowest BCUT2D eigenvalue weighted by Crippen LogP contribution is -2.06. The minimum atomic E-state index is -0.319. The third kappa shape index (κ3) is 4.60. The predicted molar refractivity (Wildman–Crippen MR) is 111 cm³/mol. The molecule has 0 aliphatic rings. The number of anilines is 1. The fourth-order valence-corrected chi connectivity index (χ4v) is 4.51. The van der Waals surface area contributed by atoms with Crippen LogP contribution in [0.15, 0.2) is 34.7 Å². The van der Waals surface area contributed by atoms with Crippen molar-refractivity contribution in [2.75, 3.05) is 31.3 Å². The van der Waals surface area contributed by atoms with E-state index in [0.29, 0.717) is 29.5 Å². The molecule has 1 N–H and O–H groups in total. The summed E-state index contributed by atoms with van der Waals surface area (Å²) in [6.07, 6.45) is 0. The smallest absolute Gasteiger partial charge is 0.206 e. The normalized spacial score (nSPS) is 11.0. The van der Waals surface area contributed by atoms with Crippen molar-refractivity contribution in [1.82, 2.24) is 14.8 Å². The van der Waals surface area contributed by atoms with Crippen LogP contribution in [0, 0.1) is 19.7 Å². The van der Waals surface area contributed by atoms with Crippen LogP contribution in [-0.2, 0) is 4.74 Å². The van der Waals surface area contributed by atoms with Crippen LogP contribution >= 0.6 is 23.1 Å². The summed E-state index contributed by atoms with van der Waals surface area (Å²) in [6.45, 7) is 4.93. The quantitative estimate of drug-likeness (QED) is 0.319. The van der Waals surface area contributed by atoms with Gasteiger partial charge in [-0.3, -0.25) is 4.79 Å². The van der Waals surface area contributed by atoms with E-state index < -0.39 is 0 Å². The molecule has 0 fully saturated rings. The summed E-state index contributed by atoms with van der Waals surface area (Å²) in [5.74, 6) is -0.0984. The number of para-hydroxylation sites is 1. The molecule has 1 aromatic carbocycles. The first kappa shape index (κ1) is 20.5. The molecule has 0 radical (unpaired) electrons. The number of methoxy groups -OCH3 is 1. The minimum Gasteiger partial charge on any atom is -0.383 e. The van der Waals surface area contributed by atoms with E-state index in [9.17, 15) is 9.18 Å². The van der Waals surface area contributed by atoms with Gasteiger partial charge in [0.1, 0.15) is 5.82 Å². The van der Waals surface area contributed by atoms with Crippen molar-refractivity contribution in [3.63, 3.8) is 0 Å². The van der Waals surface area contributed by atoms with Crippen molar-refractivity contribution in [2.45, 2.75) is 18.2 Å². The highest BCUT2D eigenvalue weighted by molar-refractivity contribution is 8.01. The Morgan fingerprint density at radius 1 is 1.32 bits per heavy atom. The van der Waals surface area contributed by atoms with E-state index in [1.807, 2.05) is 19.9 Å². The molecule has 3 aromatic rings. The van der Waals surface area contributed by atoms with E-state index in [1.165, 1.54) is 29.2 Å². The fraction of sp³-hybridized carbons (Fsp3) is 0.316. The van der Waals surface area contributed by atoms with Gasteiger partial charge in [-0.2, -0.15) is 0 Å². The highest BCUT2D eigenvalue weighted by atomic mass is 32.2. The number of ketones is 1. The number of thioether (sulfide) groups is 1. The number of aromatic nitrogens is 3. The van der Waals surface area contributed by atoms with Gasteiger partial charge in [0.2, 0.25) is 5.13 Å². The average molecular weight is 421 g/mol. The number of halogens is 1. The number of aryl methyl sites for hydroxylation is 1. The molecule has 0 unspecified atom stereocenters. The summed E-state index contributed by atoms with van der Waals surface area (Å²) >= 11 is 2.75. The van der Waals surface area contributed by atoms with Crippen LogP contribution in [-0.4, -0.2) is 46.6 Å². The molecule has 148 valence electrons. The van der Waals surface area contributed by atoms with Gasteiger partial charge in [0.25, 0.3) is 0 Å². The van der Waals surface area contributed by atoms with Crippen molar-refractivity contribution < 1.29 is 13.9 Å². The van der Waals surface area contributed by atoms with Crippen molar-refractivity contribution in [3.05, 3.63) is 53.1 Å². The summed E-state index contributed by atoms with van der Waals surface area (Å²) in [4.78, 5) is 12.7. The van der Waals surface area contributed by atoms with Gasteiger partial charge in [0.05, 0.1) is 18.0 Å². The van der Waals surface area contributed by atoms with Gasteiger partial charge < -0.3 is 14.6 Å². The van der Waals surface area contributed by atoms with Gasteiger partial charge in [-0.1, -0.05) is 35.2 Å². The Hall–Kier alpha value is -2.23. The number of ether oxygens (including phenoxy) is 1. The van der Waals surface area contributed by atoms with Gasteiger partial charge in [-0.25, -0.2) is 4.39 Å². The monoisotopic (exact) mass is 420 g/mol. The molecule has 0 aliphatic carbocycles. The first-order valence-electron chi connectivity index (χ1n) is 8.67. The molecule has 0 atom stereocenters. The second-order valence-corrected chi connectivity index (χ2v) is 8.28. The highest BCUT2D eigenvalue weighted by Gasteiger charge is 2.19. The van der Waals surface area contributed by atoms with E-state index in [-0.39, 0.29) is 17.4 Å². The number of carbonyl (C=O) groups excluding carboxylic acids is 1. The summed E-state index contributed by atoms with van der Waals surface area (Å²) in [6, 6.07) is 8.36. The Labute approximate surface area is 171 Å². The van der Waals surface area contributed by atoms with Gasteiger partial charge in [-0.15, -0.1) is 10.2 Å². The van der Waals surface area contributed by atoms with Crippen LogP contribution in [0.25, 0.3) is 5.69 Å². The molecule has 0 saturated carbocycles. The zero-order valence-electron chi connectivity index (χ0n) is 15.9. The number of hydrogen-bond acceptors (Lipinski definition) is 7. The van der Waals surface area contributed by atoms with Crippen LogP contribution in [0.3, 0.4) is 0 Å². The van der Waals surface area contributed by atoms with Gasteiger partial charge in [0, 0.05) is 30.6 Å². The Bertz CT molecular complexity index is 971. The third-order valence-corrected chi connectivity index (χ3v) is 6.15. The lowest BCUT2D eigenvalue weighted by atomic mass is 10.2. The number of hydrogen-bond donors (Lipinski definition) is 1. The second-order valence-electron chi connectivity index (χ2n) is 6.08. The highest BCUT2D eigenvalue weighted by Crippen LogP contribution is 2.28. The van der Waals surface area contributed by atoms with Crippen LogP contribution in [0.4, 0.5) is 9.52 Å². The minimum absolute atomic E-state index is 0.0234. The Kier molecular flexibility index (Phi) is 6.82. The molecule has 0 aliphatic heterocycles. The lowest BCUT2D eigenvalue weighted by Gasteiger charge is -2.10. The number of rotatable bonds is 9. The van der Waals surface area contributed by atoms with E-state index in [0.717, 1.165) is 15.7 Å². The lowest BCUT2D eigenvalue weighted by molar-refractivity contribution is 0.102. The molecule has 28 heavy (non-hydrogen) atoms. The number of Topliss-reactive ketones (excluding diaryl/α,β-unsaturated/α-hetero) is 1. The molecule has 2 heterocycles. The second kappa shape index (κ2) is 9.31. The maximum atomic E-state index is 14.2. The van der Waals surface area contributed by atoms with Gasteiger partial charge >= 0.3 is 0 Å². The number of nitrogens with one attached hydrogen (secondary N) is 1. The van der Waals surface area contributed by atoms with Crippen molar-refractivity contribution in [1.29, 1.82) is 0 Å². The Morgan fingerprint density at radius 3 is 2.86 bits per heavy atom. The van der Waals surface area contributed by atoms with Crippen LogP contribution < -0.4 is 5.32 Å². The summed E-state index contributed by atoms with van der Waals surface area (Å²) in [7, 11) is 1.64. The van der Waals surface area contributed by atoms with Crippen LogP contribution in [0.1, 0.15) is 21.7 Å². The maximum Gasteiger partial charge on any atom is 0.206 e. The average Bonchev–Trinajstić information content (AvgIpc) is 3.25. The first-order valence-corrected chi connectivity index (χ1v) is 10.5. The standard InChI is InChI=1S/C19H21FN4O2S2/c1-12-10-14(13(2)24(12)16-7-5-4-6-15(16)20)17(25)11-27-19-23-22-18(28-19)21-8-9-26-3/h4-7,10H,8-9,11H2,1-3H3,(H,21,22). The number of benzene rings is 1. The molecular formula is C19H21FN4O2S2. The Balaban J connectivity index is 1.69. The van der Waals surface area contributed by atoms with E-state index >= 15 is 0 Å². The molecule has 0 saturated heterocycles. The van der Waals surface area contributed by atoms with E-state index in [1.54, 1.807) is 29.9 Å². The first-order chi connectivity index (χ1) is 13.5. The van der Waals surface area contributed by atoms with E-state index in [2.05, 4.69) is 15.5 Å². The van der Waals surface area contributed by atoms with Crippen molar-refractivity contribution in [2.24, 2.45) is 0 Å². The molecule has 0 spiro atoms. The fourth-order valence-electron chi connectivity index (χ4n) is 2.85. The van der Waals surface area contributed by atoms with Crippen LogP contribution in [0.2, 0.25) is 0 Å².